The number of fused-ring (bicyclic) bond motifs is 1. The highest BCUT2D eigenvalue weighted by atomic mass is 79.9. The summed E-state index contributed by atoms with van der Waals surface area (Å²) in [6.45, 7) is 5.26. The third kappa shape index (κ3) is 4.18. The van der Waals surface area contributed by atoms with Gasteiger partial charge in [-0.2, -0.15) is 0 Å². The van der Waals surface area contributed by atoms with Gasteiger partial charge in [0, 0.05) is 36.3 Å². The lowest BCUT2D eigenvalue weighted by atomic mass is 10.0. The number of ether oxygens (including phenoxy) is 1. The van der Waals surface area contributed by atoms with Crippen molar-refractivity contribution in [3.05, 3.63) is 64.1 Å². The molecule has 1 amide bonds. The first-order valence-corrected chi connectivity index (χ1v) is 10.2. The third-order valence-electron chi connectivity index (χ3n) is 5.16. The van der Waals surface area contributed by atoms with Crippen molar-refractivity contribution in [2.45, 2.75) is 12.6 Å². The van der Waals surface area contributed by atoms with Crippen molar-refractivity contribution in [2.75, 3.05) is 44.7 Å². The van der Waals surface area contributed by atoms with Gasteiger partial charge in [0.1, 0.15) is 6.17 Å². The summed E-state index contributed by atoms with van der Waals surface area (Å²) < 4.78 is 6.43. The van der Waals surface area contributed by atoms with E-state index in [2.05, 4.69) is 38.3 Å². The lowest BCUT2D eigenvalue weighted by Crippen LogP contribution is -2.44. The van der Waals surface area contributed by atoms with Crippen molar-refractivity contribution in [1.82, 2.24) is 9.80 Å². The average molecular weight is 430 g/mol. The molecule has 0 bridgehead atoms. The first-order valence-electron chi connectivity index (χ1n) is 9.44. The van der Waals surface area contributed by atoms with Crippen LogP contribution in [0, 0.1) is 0 Å². The standard InChI is InChI=1S/C21H24BrN3O2/c22-17-6-3-5-16(15-17)20-23-19-8-2-1-7-18(19)21(26)25(20)10-4-9-24-11-13-27-14-12-24/h1-3,5-8,15,20,23H,4,9-14H2/t20-/m1/s1. The molecule has 1 saturated heterocycles. The Labute approximate surface area is 168 Å². The summed E-state index contributed by atoms with van der Waals surface area (Å²) in [4.78, 5) is 17.6. The molecule has 1 fully saturated rings. The van der Waals surface area contributed by atoms with Crippen LogP contribution >= 0.6 is 15.9 Å². The molecule has 27 heavy (non-hydrogen) atoms. The normalized spacial score (nSPS) is 20.3. The van der Waals surface area contributed by atoms with Crippen LogP contribution in [0.25, 0.3) is 0 Å². The van der Waals surface area contributed by atoms with Gasteiger partial charge >= 0.3 is 0 Å². The molecular weight excluding hydrogens is 406 g/mol. The van der Waals surface area contributed by atoms with E-state index in [1.165, 1.54) is 0 Å². The number of carbonyl (C=O) groups excluding carboxylic acids is 1. The van der Waals surface area contributed by atoms with Gasteiger partial charge in [-0.05, 0) is 36.2 Å². The Kier molecular flexibility index (Phi) is 5.76. The number of hydrogen-bond acceptors (Lipinski definition) is 4. The number of nitrogens with one attached hydrogen (secondary N) is 1. The maximum Gasteiger partial charge on any atom is 0.257 e. The van der Waals surface area contributed by atoms with Crippen LogP contribution in [-0.4, -0.2) is 55.1 Å². The molecule has 6 heteroatoms. The van der Waals surface area contributed by atoms with Crippen molar-refractivity contribution in [3.8, 4) is 0 Å². The average Bonchev–Trinajstić information content (AvgIpc) is 2.70. The van der Waals surface area contributed by atoms with Gasteiger partial charge in [0.25, 0.3) is 5.91 Å². The number of anilines is 1. The topological polar surface area (TPSA) is 44.8 Å². The van der Waals surface area contributed by atoms with E-state index in [-0.39, 0.29) is 12.1 Å². The second kappa shape index (κ2) is 8.42. The molecule has 2 aromatic rings. The van der Waals surface area contributed by atoms with E-state index in [1.807, 2.05) is 41.3 Å². The quantitative estimate of drug-likeness (QED) is 0.785. The summed E-state index contributed by atoms with van der Waals surface area (Å²) in [5.74, 6) is 0.0938. The smallest absolute Gasteiger partial charge is 0.257 e. The van der Waals surface area contributed by atoms with Gasteiger partial charge in [-0.1, -0.05) is 40.2 Å². The second-order valence-electron chi connectivity index (χ2n) is 6.95. The molecule has 1 N–H and O–H groups in total. The van der Waals surface area contributed by atoms with Crippen LogP contribution in [-0.2, 0) is 4.74 Å². The number of rotatable bonds is 5. The lowest BCUT2D eigenvalue weighted by molar-refractivity contribution is 0.0348. The molecule has 0 aliphatic carbocycles. The van der Waals surface area contributed by atoms with Crippen LogP contribution in [0.3, 0.4) is 0 Å². The van der Waals surface area contributed by atoms with E-state index < -0.39 is 0 Å². The van der Waals surface area contributed by atoms with E-state index in [9.17, 15) is 4.79 Å². The summed E-state index contributed by atoms with van der Waals surface area (Å²) in [7, 11) is 0. The van der Waals surface area contributed by atoms with E-state index >= 15 is 0 Å². The Hall–Kier alpha value is -1.89. The van der Waals surface area contributed by atoms with Crippen LogP contribution in [0.4, 0.5) is 5.69 Å². The maximum absolute atomic E-state index is 13.2. The van der Waals surface area contributed by atoms with Crippen molar-refractivity contribution in [3.63, 3.8) is 0 Å². The van der Waals surface area contributed by atoms with Crippen molar-refractivity contribution < 1.29 is 9.53 Å². The second-order valence-corrected chi connectivity index (χ2v) is 7.87. The Balaban J connectivity index is 1.54. The zero-order chi connectivity index (χ0) is 18.6. The molecule has 0 aromatic heterocycles. The maximum atomic E-state index is 13.2. The molecule has 0 unspecified atom stereocenters. The molecule has 2 heterocycles. The number of hydrogen-bond donors (Lipinski definition) is 1. The van der Waals surface area contributed by atoms with Crippen molar-refractivity contribution in [1.29, 1.82) is 0 Å². The number of nitrogens with zero attached hydrogens (tertiary/aromatic N) is 2. The molecule has 5 nitrogen and oxygen atoms in total. The Morgan fingerprint density at radius 1 is 1.07 bits per heavy atom. The summed E-state index contributed by atoms with van der Waals surface area (Å²) >= 11 is 3.55. The van der Waals surface area contributed by atoms with Gasteiger partial charge < -0.3 is 15.0 Å². The summed E-state index contributed by atoms with van der Waals surface area (Å²) in [6.07, 6.45) is 0.787. The van der Waals surface area contributed by atoms with E-state index in [4.69, 9.17) is 4.74 Å². The Bertz CT molecular complexity index is 808. The van der Waals surface area contributed by atoms with Gasteiger partial charge in [-0.15, -0.1) is 0 Å². The number of carbonyl (C=O) groups is 1. The molecule has 1 atom stereocenters. The van der Waals surface area contributed by atoms with E-state index in [0.29, 0.717) is 6.54 Å². The molecule has 0 saturated carbocycles. The molecular formula is C21H24BrN3O2. The number of benzene rings is 2. The summed E-state index contributed by atoms with van der Waals surface area (Å²) in [5, 5.41) is 3.56. The predicted molar refractivity (Wildman–Crippen MR) is 110 cm³/mol. The highest BCUT2D eigenvalue weighted by molar-refractivity contribution is 9.10. The minimum Gasteiger partial charge on any atom is -0.379 e. The van der Waals surface area contributed by atoms with Gasteiger partial charge in [0.2, 0.25) is 0 Å². The van der Waals surface area contributed by atoms with Crippen LogP contribution in [0.5, 0.6) is 0 Å². The van der Waals surface area contributed by atoms with Crippen molar-refractivity contribution in [2.24, 2.45) is 0 Å². The zero-order valence-electron chi connectivity index (χ0n) is 15.2. The minimum atomic E-state index is -0.158. The number of halogens is 1. The Morgan fingerprint density at radius 2 is 1.89 bits per heavy atom. The molecule has 2 aliphatic rings. The molecule has 2 aliphatic heterocycles. The number of morpholine rings is 1. The minimum absolute atomic E-state index is 0.0938. The third-order valence-corrected chi connectivity index (χ3v) is 5.66. The predicted octanol–water partition coefficient (Wildman–Crippen LogP) is 3.74. The van der Waals surface area contributed by atoms with Crippen LogP contribution in [0.15, 0.2) is 53.0 Å². The molecule has 0 spiro atoms. The monoisotopic (exact) mass is 429 g/mol. The van der Waals surface area contributed by atoms with Crippen LogP contribution in [0.2, 0.25) is 0 Å². The number of para-hydroxylation sites is 1. The first kappa shape index (κ1) is 18.5. The fourth-order valence-electron chi connectivity index (χ4n) is 3.75. The SMILES string of the molecule is O=C1c2ccccc2N[C@@H](c2cccc(Br)c2)N1CCCN1CCOCC1. The Morgan fingerprint density at radius 3 is 2.70 bits per heavy atom. The molecule has 2 aromatic carbocycles. The highest BCUT2D eigenvalue weighted by Crippen LogP contribution is 2.33. The van der Waals surface area contributed by atoms with E-state index in [1.54, 1.807) is 0 Å². The molecule has 142 valence electrons. The molecule has 4 rings (SSSR count). The lowest BCUT2D eigenvalue weighted by Gasteiger charge is -2.38. The van der Waals surface area contributed by atoms with Gasteiger partial charge in [0.15, 0.2) is 0 Å². The summed E-state index contributed by atoms with van der Waals surface area (Å²) in [5.41, 5.74) is 2.73. The first-order chi connectivity index (χ1) is 13.2. The number of amides is 1. The van der Waals surface area contributed by atoms with Crippen LogP contribution in [0.1, 0.15) is 28.5 Å². The molecule has 0 radical (unpaired) electrons. The van der Waals surface area contributed by atoms with Crippen LogP contribution < -0.4 is 5.32 Å². The highest BCUT2D eigenvalue weighted by Gasteiger charge is 2.32. The summed E-state index contributed by atoms with van der Waals surface area (Å²) in [6, 6.07) is 15.9. The fourth-order valence-corrected chi connectivity index (χ4v) is 4.17. The largest absolute Gasteiger partial charge is 0.379 e. The van der Waals surface area contributed by atoms with Gasteiger partial charge in [-0.25, -0.2) is 0 Å². The zero-order valence-corrected chi connectivity index (χ0v) is 16.8. The van der Waals surface area contributed by atoms with Crippen molar-refractivity contribution >= 4 is 27.5 Å². The van der Waals surface area contributed by atoms with E-state index in [0.717, 1.165) is 60.6 Å². The van der Waals surface area contributed by atoms with Gasteiger partial charge in [-0.3, -0.25) is 9.69 Å². The van der Waals surface area contributed by atoms with Gasteiger partial charge in [0.05, 0.1) is 18.8 Å². The fraction of sp³-hybridized carbons (Fsp3) is 0.381.